The first kappa shape index (κ1) is 10.6. The van der Waals surface area contributed by atoms with Gasteiger partial charge in [-0.3, -0.25) is 0 Å². The Morgan fingerprint density at radius 2 is 2.00 bits per heavy atom. The number of benzene rings is 1. The number of anilines is 1. The quantitative estimate of drug-likeness (QED) is 0.816. The summed E-state index contributed by atoms with van der Waals surface area (Å²) in [5.74, 6) is 0.665. The maximum absolute atomic E-state index is 6.14. The molecule has 0 saturated heterocycles. The van der Waals surface area contributed by atoms with Gasteiger partial charge in [-0.05, 0) is 38.3 Å². The van der Waals surface area contributed by atoms with Gasteiger partial charge in [0.2, 0.25) is 5.95 Å². The van der Waals surface area contributed by atoms with Gasteiger partial charge in [-0.25, -0.2) is 4.98 Å². The van der Waals surface area contributed by atoms with E-state index in [2.05, 4.69) is 29.5 Å². The van der Waals surface area contributed by atoms with Crippen molar-refractivity contribution in [3.63, 3.8) is 0 Å². The fourth-order valence-electron chi connectivity index (χ4n) is 3.22. The van der Waals surface area contributed by atoms with Crippen LogP contribution in [0.2, 0.25) is 0 Å². The third kappa shape index (κ3) is 1.45. The molecule has 1 aliphatic rings. The molecule has 1 heterocycles. The van der Waals surface area contributed by atoms with Crippen molar-refractivity contribution < 1.29 is 0 Å². The molecule has 0 unspecified atom stereocenters. The first-order valence-electron chi connectivity index (χ1n) is 6.36. The van der Waals surface area contributed by atoms with Gasteiger partial charge in [-0.2, -0.15) is 0 Å². The van der Waals surface area contributed by atoms with Gasteiger partial charge in [0.1, 0.15) is 0 Å². The van der Waals surface area contributed by atoms with E-state index < -0.39 is 0 Å². The van der Waals surface area contributed by atoms with Crippen molar-refractivity contribution in [2.24, 2.45) is 0 Å². The molecule has 0 bridgehead atoms. The summed E-state index contributed by atoms with van der Waals surface area (Å²) >= 11 is 0. The number of imidazole rings is 1. The molecule has 0 radical (unpaired) electrons. The minimum atomic E-state index is 0.158. The molecule has 3 heteroatoms. The smallest absolute Gasteiger partial charge is 0.201 e. The van der Waals surface area contributed by atoms with E-state index in [1.165, 1.54) is 36.8 Å². The number of nitrogen functional groups attached to an aromatic ring is 1. The SMILES string of the molecule is Cc1cccc2nc(N)n(C3(C)CCCC3)c12. The van der Waals surface area contributed by atoms with Gasteiger partial charge in [0.05, 0.1) is 11.0 Å². The molecule has 0 amide bonds. The second kappa shape index (κ2) is 3.49. The Bertz CT molecular complexity index is 562. The lowest BCUT2D eigenvalue weighted by Crippen LogP contribution is -2.27. The summed E-state index contributed by atoms with van der Waals surface area (Å²) in [6.07, 6.45) is 5.00. The molecule has 3 rings (SSSR count). The zero-order valence-electron chi connectivity index (χ0n) is 10.5. The summed E-state index contributed by atoms with van der Waals surface area (Å²) in [6, 6.07) is 6.23. The number of fused-ring (bicyclic) bond motifs is 1. The molecule has 1 aromatic carbocycles. The second-order valence-corrected chi connectivity index (χ2v) is 5.45. The molecule has 0 aliphatic heterocycles. The van der Waals surface area contributed by atoms with Crippen molar-refractivity contribution in [3.05, 3.63) is 23.8 Å². The molecule has 0 spiro atoms. The van der Waals surface area contributed by atoms with Crippen LogP contribution in [-0.2, 0) is 5.54 Å². The van der Waals surface area contributed by atoms with Crippen LogP contribution in [-0.4, -0.2) is 9.55 Å². The van der Waals surface area contributed by atoms with Crippen LogP contribution in [0.1, 0.15) is 38.2 Å². The van der Waals surface area contributed by atoms with E-state index in [0.717, 1.165) is 5.52 Å². The van der Waals surface area contributed by atoms with Crippen LogP contribution >= 0.6 is 0 Å². The average Bonchev–Trinajstić information content (AvgIpc) is 2.83. The van der Waals surface area contributed by atoms with Gasteiger partial charge in [0, 0.05) is 5.54 Å². The maximum Gasteiger partial charge on any atom is 0.201 e. The maximum atomic E-state index is 6.14. The molecule has 2 aromatic rings. The Morgan fingerprint density at radius 3 is 2.71 bits per heavy atom. The van der Waals surface area contributed by atoms with E-state index in [1.807, 2.05) is 12.1 Å². The third-order valence-corrected chi connectivity index (χ3v) is 4.12. The molecule has 2 N–H and O–H groups in total. The van der Waals surface area contributed by atoms with E-state index in [4.69, 9.17) is 5.73 Å². The Hall–Kier alpha value is -1.51. The highest BCUT2D eigenvalue weighted by molar-refractivity contribution is 5.82. The average molecular weight is 229 g/mol. The van der Waals surface area contributed by atoms with Crippen LogP contribution in [0, 0.1) is 6.92 Å². The van der Waals surface area contributed by atoms with Crippen LogP contribution in [0.25, 0.3) is 11.0 Å². The predicted octanol–water partition coefficient (Wildman–Crippen LogP) is 3.22. The van der Waals surface area contributed by atoms with Crippen LogP contribution in [0.15, 0.2) is 18.2 Å². The molecule has 1 fully saturated rings. The van der Waals surface area contributed by atoms with E-state index in [0.29, 0.717) is 5.95 Å². The molecular weight excluding hydrogens is 210 g/mol. The van der Waals surface area contributed by atoms with Gasteiger partial charge in [-0.15, -0.1) is 0 Å². The van der Waals surface area contributed by atoms with E-state index in [-0.39, 0.29) is 5.54 Å². The summed E-state index contributed by atoms with van der Waals surface area (Å²) in [6.45, 7) is 4.45. The summed E-state index contributed by atoms with van der Waals surface area (Å²) in [4.78, 5) is 4.50. The minimum absolute atomic E-state index is 0.158. The number of aryl methyl sites for hydroxylation is 1. The Balaban J connectivity index is 2.31. The number of nitrogens with zero attached hydrogens (tertiary/aromatic N) is 2. The van der Waals surface area contributed by atoms with Crippen molar-refractivity contribution in [2.45, 2.75) is 45.1 Å². The largest absolute Gasteiger partial charge is 0.369 e. The molecule has 0 atom stereocenters. The summed E-state index contributed by atoms with van der Waals surface area (Å²) in [5, 5.41) is 0. The Labute approximate surface area is 102 Å². The van der Waals surface area contributed by atoms with Gasteiger partial charge in [-0.1, -0.05) is 25.0 Å². The van der Waals surface area contributed by atoms with Crippen LogP contribution in [0.4, 0.5) is 5.95 Å². The van der Waals surface area contributed by atoms with E-state index in [9.17, 15) is 0 Å². The lowest BCUT2D eigenvalue weighted by molar-refractivity contribution is 0.343. The highest BCUT2D eigenvalue weighted by Gasteiger charge is 2.33. The number of hydrogen-bond donors (Lipinski definition) is 1. The first-order chi connectivity index (χ1) is 8.12. The van der Waals surface area contributed by atoms with Crippen molar-refractivity contribution in [1.82, 2.24) is 9.55 Å². The lowest BCUT2D eigenvalue weighted by atomic mass is 9.99. The number of hydrogen-bond acceptors (Lipinski definition) is 2. The summed E-state index contributed by atoms with van der Waals surface area (Å²) in [5.41, 5.74) is 9.80. The van der Waals surface area contributed by atoms with Gasteiger partial charge in [0.15, 0.2) is 0 Å². The topological polar surface area (TPSA) is 43.8 Å². The minimum Gasteiger partial charge on any atom is -0.369 e. The molecule has 90 valence electrons. The number of aromatic nitrogens is 2. The lowest BCUT2D eigenvalue weighted by Gasteiger charge is -2.28. The number of rotatable bonds is 1. The summed E-state index contributed by atoms with van der Waals surface area (Å²) in [7, 11) is 0. The number of nitrogens with two attached hydrogens (primary N) is 1. The zero-order valence-corrected chi connectivity index (χ0v) is 10.5. The Morgan fingerprint density at radius 1 is 1.29 bits per heavy atom. The monoisotopic (exact) mass is 229 g/mol. The van der Waals surface area contributed by atoms with Crippen LogP contribution in [0.3, 0.4) is 0 Å². The van der Waals surface area contributed by atoms with E-state index >= 15 is 0 Å². The van der Waals surface area contributed by atoms with Crippen LogP contribution in [0.5, 0.6) is 0 Å². The van der Waals surface area contributed by atoms with Crippen LogP contribution < -0.4 is 5.73 Å². The fraction of sp³-hybridized carbons (Fsp3) is 0.500. The van der Waals surface area contributed by atoms with Gasteiger partial charge in [0.25, 0.3) is 0 Å². The highest BCUT2D eigenvalue weighted by Crippen LogP contribution is 2.40. The molecule has 3 nitrogen and oxygen atoms in total. The standard InChI is InChI=1S/C14H19N3/c1-10-6-5-7-11-12(10)17(13(15)16-11)14(2)8-3-4-9-14/h5-7H,3-4,8-9H2,1-2H3,(H2,15,16). The second-order valence-electron chi connectivity index (χ2n) is 5.45. The third-order valence-electron chi connectivity index (χ3n) is 4.12. The summed E-state index contributed by atoms with van der Waals surface area (Å²) < 4.78 is 2.27. The zero-order chi connectivity index (χ0) is 12.0. The normalized spacial score (nSPS) is 18.9. The first-order valence-corrected chi connectivity index (χ1v) is 6.36. The molecule has 1 saturated carbocycles. The fourth-order valence-corrected chi connectivity index (χ4v) is 3.22. The molecule has 17 heavy (non-hydrogen) atoms. The highest BCUT2D eigenvalue weighted by atomic mass is 15.2. The molecular formula is C14H19N3. The predicted molar refractivity (Wildman–Crippen MR) is 71.0 cm³/mol. The van der Waals surface area contributed by atoms with Gasteiger partial charge >= 0.3 is 0 Å². The van der Waals surface area contributed by atoms with E-state index in [1.54, 1.807) is 0 Å². The molecule has 1 aromatic heterocycles. The van der Waals surface area contributed by atoms with Crippen molar-refractivity contribution >= 4 is 17.0 Å². The number of para-hydroxylation sites is 1. The van der Waals surface area contributed by atoms with Crippen molar-refractivity contribution in [1.29, 1.82) is 0 Å². The Kier molecular flexibility index (Phi) is 2.18. The molecule has 1 aliphatic carbocycles. The van der Waals surface area contributed by atoms with Gasteiger partial charge < -0.3 is 10.3 Å². The van der Waals surface area contributed by atoms with Crippen molar-refractivity contribution in [3.8, 4) is 0 Å². The van der Waals surface area contributed by atoms with Crippen molar-refractivity contribution in [2.75, 3.05) is 5.73 Å².